The Kier molecular flexibility index (Phi) is 12.6. The molecule has 3 rings (SSSR count). The lowest BCUT2D eigenvalue weighted by Crippen LogP contribution is -2.23. The Balaban J connectivity index is 1.57. The summed E-state index contributed by atoms with van der Waals surface area (Å²) < 4.78 is 10.4. The summed E-state index contributed by atoms with van der Waals surface area (Å²) in [4.78, 5) is 22.6. The Morgan fingerprint density at radius 1 is 1.08 bits per heavy atom. The number of allylic oxidation sites excluding steroid dienone is 2. The minimum atomic E-state index is -0.409. The lowest BCUT2D eigenvalue weighted by atomic mass is 9.70. The van der Waals surface area contributed by atoms with Gasteiger partial charge in [-0.05, 0) is 91.9 Å². The molecule has 1 fully saturated rings. The second-order valence-corrected chi connectivity index (χ2v) is 11.8. The van der Waals surface area contributed by atoms with E-state index < -0.39 is 5.97 Å². The first-order valence-corrected chi connectivity index (χ1v) is 15.1. The molecular formula is C34H50O4. The van der Waals surface area contributed by atoms with Gasteiger partial charge in [0.15, 0.2) is 0 Å². The minimum absolute atomic E-state index is 0.0875. The molecule has 2 unspecified atom stereocenters. The van der Waals surface area contributed by atoms with Gasteiger partial charge in [-0.15, -0.1) is 0 Å². The lowest BCUT2D eigenvalue weighted by molar-refractivity contribution is -0.141. The van der Waals surface area contributed by atoms with Gasteiger partial charge < -0.3 is 9.47 Å². The number of aryl methyl sites for hydroxylation is 1. The molecule has 4 heteroatoms. The lowest BCUT2D eigenvalue weighted by Gasteiger charge is -2.36. The molecule has 4 nitrogen and oxygen atoms in total. The average Bonchev–Trinajstić information content (AvgIpc) is 2.94. The van der Waals surface area contributed by atoms with Crippen LogP contribution in [0.5, 0.6) is 0 Å². The van der Waals surface area contributed by atoms with Crippen LogP contribution in [0.4, 0.5) is 0 Å². The predicted molar refractivity (Wildman–Crippen MR) is 156 cm³/mol. The van der Waals surface area contributed by atoms with Gasteiger partial charge in [-0.2, -0.15) is 0 Å². The summed E-state index contributed by atoms with van der Waals surface area (Å²) in [7, 11) is 0. The van der Waals surface area contributed by atoms with Crippen molar-refractivity contribution in [2.24, 2.45) is 23.7 Å². The molecule has 0 spiro atoms. The SMILES string of the molecule is C=C(C)C(=O)OCC(COC=O)Cc1ccc(C2=CCC(C3CCC(CCCCC)CC3)CC2)c(CC)c1. The van der Waals surface area contributed by atoms with Gasteiger partial charge in [-0.25, -0.2) is 4.79 Å². The molecule has 210 valence electrons. The van der Waals surface area contributed by atoms with Crippen molar-refractivity contribution in [2.45, 2.75) is 104 Å². The van der Waals surface area contributed by atoms with Crippen molar-refractivity contribution >= 4 is 18.0 Å². The number of carbonyl (C=O) groups excluding carboxylic acids is 2. The van der Waals surface area contributed by atoms with Gasteiger partial charge in [0.05, 0.1) is 13.2 Å². The van der Waals surface area contributed by atoms with Gasteiger partial charge in [0.1, 0.15) is 0 Å². The second kappa shape index (κ2) is 15.9. The van der Waals surface area contributed by atoms with E-state index in [1.54, 1.807) is 6.92 Å². The van der Waals surface area contributed by atoms with Gasteiger partial charge in [0.25, 0.3) is 6.47 Å². The van der Waals surface area contributed by atoms with Crippen LogP contribution >= 0.6 is 0 Å². The number of esters is 1. The maximum absolute atomic E-state index is 11.8. The third kappa shape index (κ3) is 9.13. The monoisotopic (exact) mass is 522 g/mol. The van der Waals surface area contributed by atoms with Crippen LogP contribution in [0.1, 0.15) is 108 Å². The molecule has 2 aliphatic carbocycles. The van der Waals surface area contributed by atoms with Crippen molar-refractivity contribution in [1.82, 2.24) is 0 Å². The Morgan fingerprint density at radius 2 is 1.87 bits per heavy atom. The summed E-state index contributed by atoms with van der Waals surface area (Å²) in [6.45, 7) is 10.7. The zero-order valence-electron chi connectivity index (χ0n) is 24.1. The summed E-state index contributed by atoms with van der Waals surface area (Å²) in [6, 6.07) is 6.76. The molecule has 1 aromatic carbocycles. The quantitative estimate of drug-likeness (QED) is 0.101. The summed E-state index contributed by atoms with van der Waals surface area (Å²) in [5.41, 5.74) is 5.82. The average molecular weight is 523 g/mol. The van der Waals surface area contributed by atoms with E-state index in [2.05, 4.69) is 44.7 Å². The highest BCUT2D eigenvalue weighted by molar-refractivity contribution is 5.86. The Bertz CT molecular complexity index is 938. The van der Waals surface area contributed by atoms with Crippen LogP contribution < -0.4 is 0 Å². The van der Waals surface area contributed by atoms with E-state index in [0.29, 0.717) is 18.5 Å². The number of unbranched alkanes of at least 4 members (excludes halogenated alkanes) is 2. The van der Waals surface area contributed by atoms with E-state index >= 15 is 0 Å². The molecule has 0 bridgehead atoms. The van der Waals surface area contributed by atoms with Gasteiger partial charge >= 0.3 is 5.97 Å². The number of hydrogen-bond acceptors (Lipinski definition) is 4. The van der Waals surface area contributed by atoms with Crippen LogP contribution in [0.3, 0.4) is 0 Å². The third-order valence-corrected chi connectivity index (χ3v) is 8.84. The van der Waals surface area contributed by atoms with Crippen LogP contribution in [0.25, 0.3) is 5.57 Å². The molecule has 0 amide bonds. The van der Waals surface area contributed by atoms with Crippen molar-refractivity contribution < 1.29 is 19.1 Å². The van der Waals surface area contributed by atoms with Crippen LogP contribution in [-0.2, 0) is 31.9 Å². The third-order valence-electron chi connectivity index (χ3n) is 8.84. The molecule has 0 saturated heterocycles. The van der Waals surface area contributed by atoms with Crippen molar-refractivity contribution in [3.8, 4) is 0 Å². The highest BCUT2D eigenvalue weighted by Gasteiger charge is 2.29. The zero-order chi connectivity index (χ0) is 27.3. The van der Waals surface area contributed by atoms with Crippen molar-refractivity contribution in [3.05, 3.63) is 53.1 Å². The number of rotatable bonds is 15. The zero-order valence-corrected chi connectivity index (χ0v) is 24.1. The molecule has 0 aliphatic heterocycles. The van der Waals surface area contributed by atoms with E-state index in [1.165, 1.54) is 92.9 Å². The summed E-state index contributed by atoms with van der Waals surface area (Å²) in [6.07, 6.45) is 19.3. The van der Waals surface area contributed by atoms with E-state index in [9.17, 15) is 9.59 Å². The fourth-order valence-corrected chi connectivity index (χ4v) is 6.53. The largest absolute Gasteiger partial charge is 0.467 e. The summed E-state index contributed by atoms with van der Waals surface area (Å²) in [5, 5.41) is 0. The smallest absolute Gasteiger partial charge is 0.333 e. The topological polar surface area (TPSA) is 52.6 Å². The molecule has 2 atom stereocenters. The van der Waals surface area contributed by atoms with E-state index in [0.717, 1.165) is 24.2 Å². The van der Waals surface area contributed by atoms with Gasteiger partial charge in [0, 0.05) is 11.5 Å². The molecular weight excluding hydrogens is 472 g/mol. The first kappa shape index (κ1) is 30.2. The maximum atomic E-state index is 11.8. The number of ether oxygens (including phenoxy) is 2. The van der Waals surface area contributed by atoms with E-state index in [-0.39, 0.29) is 19.1 Å². The van der Waals surface area contributed by atoms with Gasteiger partial charge in [-0.3, -0.25) is 4.79 Å². The minimum Gasteiger partial charge on any atom is -0.467 e. The molecule has 38 heavy (non-hydrogen) atoms. The molecule has 0 heterocycles. The van der Waals surface area contributed by atoms with Crippen LogP contribution in [0.15, 0.2) is 36.4 Å². The Labute approximate surface area is 231 Å². The van der Waals surface area contributed by atoms with Crippen LogP contribution in [0, 0.1) is 23.7 Å². The van der Waals surface area contributed by atoms with Crippen molar-refractivity contribution in [1.29, 1.82) is 0 Å². The van der Waals surface area contributed by atoms with E-state index in [4.69, 9.17) is 9.47 Å². The maximum Gasteiger partial charge on any atom is 0.333 e. The first-order valence-electron chi connectivity index (χ1n) is 15.1. The summed E-state index contributed by atoms with van der Waals surface area (Å²) in [5.74, 6) is 2.28. The Hall–Kier alpha value is -2.36. The second-order valence-electron chi connectivity index (χ2n) is 11.8. The highest BCUT2D eigenvalue weighted by atomic mass is 16.5. The predicted octanol–water partition coefficient (Wildman–Crippen LogP) is 8.27. The van der Waals surface area contributed by atoms with Gasteiger partial charge in [-0.1, -0.05) is 83.2 Å². The fraction of sp³-hybridized carbons (Fsp3) is 0.647. The molecule has 0 aromatic heterocycles. The normalized spacial score (nSPS) is 22.3. The van der Waals surface area contributed by atoms with Crippen molar-refractivity contribution in [2.75, 3.05) is 13.2 Å². The molecule has 1 aromatic rings. The molecule has 1 saturated carbocycles. The molecule has 0 N–H and O–H groups in total. The highest BCUT2D eigenvalue weighted by Crippen LogP contribution is 2.42. The number of benzene rings is 1. The number of carbonyl (C=O) groups is 2. The standard InChI is InChI=1S/C34H50O4/c1-5-7-8-9-26-10-13-30(14-11-26)31-15-17-32(18-16-31)33-19-12-27(21-29(33)6-2)20-28(22-37-24-35)23-38-34(36)25(3)4/h12,17,19,21,24,26,28,30-31H,3,5-11,13-16,18,20,22-23H2,1-2,4H3. The Morgan fingerprint density at radius 3 is 2.50 bits per heavy atom. The van der Waals surface area contributed by atoms with Gasteiger partial charge in [0.2, 0.25) is 0 Å². The molecule has 2 aliphatic rings. The molecule has 0 radical (unpaired) electrons. The fourth-order valence-electron chi connectivity index (χ4n) is 6.53. The van der Waals surface area contributed by atoms with Crippen LogP contribution in [0.2, 0.25) is 0 Å². The number of hydrogen-bond donors (Lipinski definition) is 0. The van der Waals surface area contributed by atoms with Crippen molar-refractivity contribution in [3.63, 3.8) is 0 Å². The first-order chi connectivity index (χ1) is 18.4. The van der Waals surface area contributed by atoms with Crippen LogP contribution in [-0.4, -0.2) is 25.7 Å². The summed E-state index contributed by atoms with van der Waals surface area (Å²) >= 11 is 0. The van der Waals surface area contributed by atoms with E-state index in [1.807, 2.05) is 0 Å².